The van der Waals surface area contributed by atoms with Crippen molar-refractivity contribution in [2.75, 3.05) is 7.05 Å². The van der Waals surface area contributed by atoms with Gasteiger partial charge in [-0.1, -0.05) is 35.9 Å². The van der Waals surface area contributed by atoms with Crippen molar-refractivity contribution in [1.82, 2.24) is 5.01 Å². The van der Waals surface area contributed by atoms with Gasteiger partial charge in [0.1, 0.15) is 0 Å². The second-order valence-electron chi connectivity index (χ2n) is 3.20. The number of hydrogen-bond donors (Lipinski definition) is 0. The summed E-state index contributed by atoms with van der Waals surface area (Å²) in [5.41, 5.74) is 3.49. The number of rotatable bonds is 3. The van der Waals surface area contributed by atoms with Gasteiger partial charge in [0.25, 0.3) is 0 Å². The average molecular weight is 188 g/mol. The van der Waals surface area contributed by atoms with Crippen molar-refractivity contribution in [2.45, 2.75) is 13.8 Å². The SMILES string of the molecule is C=NN(C)/C(=C\C)c1ccc(C)cc1. The Morgan fingerprint density at radius 2 is 1.93 bits per heavy atom. The molecule has 0 saturated heterocycles. The van der Waals surface area contributed by atoms with Crippen LogP contribution >= 0.6 is 0 Å². The molecule has 0 radical (unpaired) electrons. The second-order valence-corrected chi connectivity index (χ2v) is 3.20. The zero-order chi connectivity index (χ0) is 10.6. The molecule has 0 aliphatic carbocycles. The van der Waals surface area contributed by atoms with Gasteiger partial charge in [0.2, 0.25) is 0 Å². The zero-order valence-corrected chi connectivity index (χ0v) is 8.99. The highest BCUT2D eigenvalue weighted by Crippen LogP contribution is 2.18. The highest BCUT2D eigenvalue weighted by Gasteiger charge is 2.03. The lowest BCUT2D eigenvalue weighted by atomic mass is 10.1. The molecular formula is C12H16N2. The summed E-state index contributed by atoms with van der Waals surface area (Å²) >= 11 is 0. The fourth-order valence-corrected chi connectivity index (χ4v) is 1.34. The van der Waals surface area contributed by atoms with Crippen molar-refractivity contribution < 1.29 is 0 Å². The highest BCUT2D eigenvalue weighted by molar-refractivity contribution is 5.63. The summed E-state index contributed by atoms with van der Waals surface area (Å²) in [6.45, 7) is 7.58. The first-order valence-electron chi connectivity index (χ1n) is 4.62. The van der Waals surface area contributed by atoms with Crippen LogP contribution in [0, 0.1) is 6.92 Å². The molecule has 0 aliphatic rings. The van der Waals surface area contributed by atoms with Crippen LogP contribution < -0.4 is 0 Å². The molecule has 0 saturated carbocycles. The Morgan fingerprint density at radius 1 is 1.36 bits per heavy atom. The Hall–Kier alpha value is -1.57. The molecular weight excluding hydrogens is 172 g/mol. The molecule has 0 fully saturated rings. The molecule has 74 valence electrons. The molecule has 2 heteroatoms. The molecule has 0 atom stereocenters. The number of benzene rings is 1. The standard InChI is InChI=1S/C12H16N2/c1-5-12(14(4)13-3)11-8-6-10(2)7-9-11/h5-9H,3H2,1-2,4H3/b12-5-. The van der Waals surface area contributed by atoms with Crippen LogP contribution in [-0.2, 0) is 0 Å². The van der Waals surface area contributed by atoms with Crippen molar-refractivity contribution in [3.8, 4) is 0 Å². The van der Waals surface area contributed by atoms with Crippen LogP contribution in [-0.4, -0.2) is 18.8 Å². The third-order valence-corrected chi connectivity index (χ3v) is 2.18. The van der Waals surface area contributed by atoms with Gasteiger partial charge in [-0.15, -0.1) is 0 Å². The van der Waals surface area contributed by atoms with Gasteiger partial charge in [0.05, 0.1) is 5.70 Å². The maximum atomic E-state index is 3.87. The molecule has 0 amide bonds. The van der Waals surface area contributed by atoms with E-state index in [1.807, 2.05) is 20.0 Å². The van der Waals surface area contributed by atoms with Crippen LogP contribution in [0.25, 0.3) is 5.70 Å². The Labute approximate surface area is 85.6 Å². The van der Waals surface area contributed by atoms with E-state index in [0.717, 1.165) is 11.3 Å². The second kappa shape index (κ2) is 4.61. The van der Waals surface area contributed by atoms with Crippen LogP contribution in [0.3, 0.4) is 0 Å². The van der Waals surface area contributed by atoms with E-state index in [2.05, 4.69) is 43.0 Å². The maximum absolute atomic E-state index is 3.87. The predicted octanol–water partition coefficient (Wildman–Crippen LogP) is 2.90. The van der Waals surface area contributed by atoms with E-state index in [1.165, 1.54) is 5.56 Å². The van der Waals surface area contributed by atoms with Gasteiger partial charge in [-0.05, 0) is 19.4 Å². The van der Waals surface area contributed by atoms with Crippen molar-refractivity contribution >= 4 is 12.4 Å². The van der Waals surface area contributed by atoms with E-state index >= 15 is 0 Å². The van der Waals surface area contributed by atoms with Gasteiger partial charge >= 0.3 is 0 Å². The van der Waals surface area contributed by atoms with Gasteiger partial charge < -0.3 is 0 Å². The van der Waals surface area contributed by atoms with Crippen molar-refractivity contribution in [2.24, 2.45) is 5.10 Å². The smallest absolute Gasteiger partial charge is 0.0620 e. The van der Waals surface area contributed by atoms with Crippen LogP contribution in [0.5, 0.6) is 0 Å². The first-order valence-corrected chi connectivity index (χ1v) is 4.62. The molecule has 0 unspecified atom stereocenters. The van der Waals surface area contributed by atoms with Crippen LogP contribution in [0.15, 0.2) is 35.4 Å². The summed E-state index contributed by atoms with van der Waals surface area (Å²) in [5, 5.41) is 5.64. The van der Waals surface area contributed by atoms with Gasteiger partial charge in [0.15, 0.2) is 0 Å². The fraction of sp³-hybridized carbons (Fsp3) is 0.250. The molecule has 0 bridgehead atoms. The van der Waals surface area contributed by atoms with Gasteiger partial charge in [-0.3, -0.25) is 5.01 Å². The molecule has 2 nitrogen and oxygen atoms in total. The number of aryl methyl sites for hydroxylation is 1. The lowest BCUT2D eigenvalue weighted by Gasteiger charge is -2.16. The molecule has 14 heavy (non-hydrogen) atoms. The van der Waals surface area contributed by atoms with Crippen LogP contribution in [0.2, 0.25) is 0 Å². The topological polar surface area (TPSA) is 15.6 Å². The van der Waals surface area contributed by atoms with Crippen molar-refractivity contribution in [3.05, 3.63) is 41.5 Å². The fourth-order valence-electron chi connectivity index (χ4n) is 1.34. The molecule has 1 rings (SSSR count). The summed E-state index contributed by atoms with van der Waals surface area (Å²) in [6.07, 6.45) is 2.03. The number of hydrazone groups is 1. The zero-order valence-electron chi connectivity index (χ0n) is 8.99. The minimum Gasteiger partial charge on any atom is -0.269 e. The minimum absolute atomic E-state index is 1.07. The van der Waals surface area contributed by atoms with E-state index in [-0.39, 0.29) is 0 Å². The highest BCUT2D eigenvalue weighted by atomic mass is 15.4. The lowest BCUT2D eigenvalue weighted by molar-refractivity contribution is 0.521. The monoisotopic (exact) mass is 188 g/mol. The Kier molecular flexibility index (Phi) is 3.46. The third-order valence-electron chi connectivity index (χ3n) is 2.18. The summed E-state index contributed by atoms with van der Waals surface area (Å²) < 4.78 is 0. The number of allylic oxidation sites excluding steroid dienone is 1. The summed E-state index contributed by atoms with van der Waals surface area (Å²) in [4.78, 5) is 0. The minimum atomic E-state index is 1.07. The van der Waals surface area contributed by atoms with E-state index < -0.39 is 0 Å². The maximum Gasteiger partial charge on any atom is 0.0620 e. The van der Waals surface area contributed by atoms with E-state index in [4.69, 9.17) is 0 Å². The quantitative estimate of drug-likeness (QED) is 0.526. The number of hydrogen-bond acceptors (Lipinski definition) is 2. The molecule has 1 aromatic carbocycles. The first kappa shape index (κ1) is 10.5. The largest absolute Gasteiger partial charge is 0.269 e. The van der Waals surface area contributed by atoms with E-state index in [9.17, 15) is 0 Å². The molecule has 0 aromatic heterocycles. The molecule has 0 heterocycles. The third kappa shape index (κ3) is 2.22. The predicted molar refractivity (Wildman–Crippen MR) is 62.1 cm³/mol. The normalized spacial score (nSPS) is 11.2. The summed E-state index contributed by atoms with van der Waals surface area (Å²) in [5.74, 6) is 0. The van der Waals surface area contributed by atoms with E-state index in [1.54, 1.807) is 5.01 Å². The Balaban J connectivity index is 3.02. The van der Waals surface area contributed by atoms with Crippen LogP contribution in [0.4, 0.5) is 0 Å². The summed E-state index contributed by atoms with van der Waals surface area (Å²) in [7, 11) is 1.89. The van der Waals surface area contributed by atoms with Crippen molar-refractivity contribution in [3.63, 3.8) is 0 Å². The van der Waals surface area contributed by atoms with Gasteiger partial charge in [-0.25, -0.2) is 0 Å². The van der Waals surface area contributed by atoms with Gasteiger partial charge in [-0.2, -0.15) is 5.10 Å². The average Bonchev–Trinajstić information content (AvgIpc) is 2.21. The molecule has 0 spiro atoms. The van der Waals surface area contributed by atoms with E-state index in [0.29, 0.717) is 0 Å². The molecule has 1 aromatic rings. The first-order chi connectivity index (χ1) is 6.69. The molecule has 0 aliphatic heterocycles. The molecule has 0 N–H and O–H groups in total. The Bertz CT molecular complexity index is 336. The lowest BCUT2D eigenvalue weighted by Crippen LogP contribution is -2.08. The number of nitrogens with zero attached hydrogens (tertiary/aromatic N) is 2. The summed E-state index contributed by atoms with van der Waals surface area (Å²) in [6, 6.07) is 8.37. The van der Waals surface area contributed by atoms with Crippen molar-refractivity contribution in [1.29, 1.82) is 0 Å². The Morgan fingerprint density at radius 3 is 2.36 bits per heavy atom. The van der Waals surface area contributed by atoms with Crippen LogP contribution in [0.1, 0.15) is 18.1 Å². The van der Waals surface area contributed by atoms with Gasteiger partial charge in [0, 0.05) is 13.8 Å².